The molecule has 0 unspecified atom stereocenters. The van der Waals surface area contributed by atoms with E-state index in [1.54, 1.807) is 6.20 Å². The first kappa shape index (κ1) is 10.5. The predicted molar refractivity (Wildman–Crippen MR) is 60.7 cm³/mol. The molecular weight excluding hydrogens is 200 g/mol. The second-order valence-corrected chi connectivity index (χ2v) is 10.3. The number of hydrogen-bond acceptors (Lipinski definition) is 2. The predicted octanol–water partition coefficient (Wildman–Crippen LogP) is 2.74. The number of nitrogens with zero attached hydrogens (tertiary/aromatic N) is 1. The lowest BCUT2D eigenvalue weighted by molar-refractivity contribution is 1.22. The van der Waals surface area contributed by atoms with E-state index in [1.165, 1.54) is 0 Å². The molecule has 1 aromatic heterocycles. The van der Waals surface area contributed by atoms with Gasteiger partial charge in [-0.05, 0) is 17.7 Å². The smallest absolute Gasteiger partial charge is 0.126 e. The Hall–Kier alpha value is -0.543. The minimum Gasteiger partial charge on any atom is -0.383 e. The molecule has 2 nitrogen and oxygen atoms in total. The van der Waals surface area contributed by atoms with Crippen LogP contribution < -0.4 is 5.73 Å². The Kier molecular flexibility index (Phi) is 2.98. The summed E-state index contributed by atoms with van der Waals surface area (Å²) >= 11 is 5.84. The van der Waals surface area contributed by atoms with E-state index >= 15 is 0 Å². The summed E-state index contributed by atoms with van der Waals surface area (Å²) in [4.78, 5) is 4.03. The maximum absolute atomic E-state index is 5.84. The lowest BCUT2D eigenvalue weighted by Gasteiger charge is -2.16. The Balaban J connectivity index is 2.94. The van der Waals surface area contributed by atoms with Crippen molar-refractivity contribution in [3.63, 3.8) is 0 Å². The van der Waals surface area contributed by atoms with Gasteiger partial charge < -0.3 is 5.73 Å². The van der Waals surface area contributed by atoms with E-state index in [9.17, 15) is 0 Å². The third-order valence-corrected chi connectivity index (χ3v) is 3.34. The zero-order chi connectivity index (χ0) is 10.1. The topological polar surface area (TPSA) is 38.9 Å². The highest BCUT2D eigenvalue weighted by molar-refractivity contribution is 6.75. The molecule has 0 atom stereocenters. The van der Waals surface area contributed by atoms with Crippen LogP contribution in [-0.4, -0.2) is 13.1 Å². The number of nitrogens with two attached hydrogens (primary N) is 1. The Morgan fingerprint density at radius 1 is 1.46 bits per heavy atom. The fourth-order valence-corrected chi connectivity index (χ4v) is 2.81. The van der Waals surface area contributed by atoms with E-state index in [2.05, 4.69) is 24.6 Å². The molecule has 0 bridgehead atoms. The number of nitrogen functional groups attached to an aromatic ring is 1. The highest BCUT2D eigenvalue weighted by Crippen LogP contribution is 2.19. The number of aromatic nitrogens is 1. The van der Waals surface area contributed by atoms with Crippen molar-refractivity contribution in [2.45, 2.75) is 25.7 Å². The summed E-state index contributed by atoms with van der Waals surface area (Å²) in [5.41, 5.74) is 6.84. The Morgan fingerprint density at radius 2 is 2.08 bits per heavy atom. The van der Waals surface area contributed by atoms with Crippen LogP contribution in [0.3, 0.4) is 0 Å². The van der Waals surface area contributed by atoms with E-state index in [4.69, 9.17) is 17.3 Å². The van der Waals surface area contributed by atoms with Crippen molar-refractivity contribution in [3.8, 4) is 0 Å². The van der Waals surface area contributed by atoms with Gasteiger partial charge in [0.15, 0.2) is 0 Å². The van der Waals surface area contributed by atoms with Crippen LogP contribution in [0.25, 0.3) is 0 Å². The van der Waals surface area contributed by atoms with Crippen molar-refractivity contribution in [3.05, 3.63) is 22.8 Å². The van der Waals surface area contributed by atoms with Crippen molar-refractivity contribution >= 4 is 25.5 Å². The zero-order valence-electron chi connectivity index (χ0n) is 8.26. The first-order valence-corrected chi connectivity index (χ1v) is 8.37. The van der Waals surface area contributed by atoms with Crippen molar-refractivity contribution in [2.75, 3.05) is 5.73 Å². The summed E-state index contributed by atoms with van der Waals surface area (Å²) in [6.45, 7) is 6.90. The molecule has 0 spiro atoms. The standard InChI is InChI=1S/C9H15ClN2Si/c1-13(2,3)6-7-4-8(10)5-12-9(7)11/h4-5H,6H2,1-3H3,(H2,11,12). The van der Waals surface area contributed by atoms with Crippen LogP contribution >= 0.6 is 11.6 Å². The lowest BCUT2D eigenvalue weighted by atomic mass is 10.3. The highest BCUT2D eigenvalue weighted by Gasteiger charge is 2.16. The molecule has 4 heteroatoms. The van der Waals surface area contributed by atoms with Gasteiger partial charge in [-0.1, -0.05) is 31.2 Å². The van der Waals surface area contributed by atoms with Gasteiger partial charge in [0, 0.05) is 14.3 Å². The maximum Gasteiger partial charge on any atom is 0.126 e. The molecule has 0 amide bonds. The van der Waals surface area contributed by atoms with Gasteiger partial charge >= 0.3 is 0 Å². The second kappa shape index (κ2) is 3.68. The normalized spacial score (nSPS) is 11.7. The van der Waals surface area contributed by atoms with Crippen molar-refractivity contribution < 1.29 is 0 Å². The summed E-state index contributed by atoms with van der Waals surface area (Å²) in [5.74, 6) is 0.617. The van der Waals surface area contributed by atoms with Gasteiger partial charge in [-0.2, -0.15) is 0 Å². The van der Waals surface area contributed by atoms with E-state index < -0.39 is 8.07 Å². The Labute approximate surface area is 85.1 Å². The van der Waals surface area contributed by atoms with Gasteiger partial charge in [-0.15, -0.1) is 0 Å². The van der Waals surface area contributed by atoms with Crippen molar-refractivity contribution in [1.29, 1.82) is 0 Å². The molecule has 0 aromatic carbocycles. The van der Waals surface area contributed by atoms with Gasteiger partial charge in [-0.3, -0.25) is 0 Å². The van der Waals surface area contributed by atoms with Gasteiger partial charge in [-0.25, -0.2) is 4.98 Å². The van der Waals surface area contributed by atoms with Crippen LogP contribution in [0, 0.1) is 0 Å². The zero-order valence-corrected chi connectivity index (χ0v) is 10.0. The van der Waals surface area contributed by atoms with Gasteiger partial charge in [0.05, 0.1) is 5.02 Å². The van der Waals surface area contributed by atoms with E-state index in [-0.39, 0.29) is 0 Å². The molecule has 1 heterocycles. The summed E-state index contributed by atoms with van der Waals surface area (Å²) < 4.78 is 0. The molecule has 0 radical (unpaired) electrons. The van der Waals surface area contributed by atoms with Gasteiger partial charge in [0.2, 0.25) is 0 Å². The highest BCUT2D eigenvalue weighted by atomic mass is 35.5. The summed E-state index contributed by atoms with van der Waals surface area (Å²) in [6, 6.07) is 2.95. The average molecular weight is 215 g/mol. The summed E-state index contributed by atoms with van der Waals surface area (Å²) in [7, 11) is -1.13. The molecule has 0 fully saturated rings. The van der Waals surface area contributed by atoms with Crippen LogP contribution in [-0.2, 0) is 6.04 Å². The lowest BCUT2D eigenvalue weighted by Crippen LogP contribution is -2.24. The number of pyridine rings is 1. The molecule has 1 aromatic rings. The monoisotopic (exact) mass is 214 g/mol. The molecule has 2 N–H and O–H groups in total. The third-order valence-electron chi connectivity index (χ3n) is 1.69. The van der Waals surface area contributed by atoms with Gasteiger partial charge in [0.25, 0.3) is 0 Å². The third kappa shape index (κ3) is 3.36. The van der Waals surface area contributed by atoms with Crippen LogP contribution in [0.2, 0.25) is 24.7 Å². The van der Waals surface area contributed by atoms with Gasteiger partial charge in [0.1, 0.15) is 5.82 Å². The molecular formula is C9H15ClN2Si. The molecule has 13 heavy (non-hydrogen) atoms. The molecule has 0 aliphatic carbocycles. The van der Waals surface area contributed by atoms with E-state index in [1.807, 2.05) is 6.07 Å². The molecule has 1 rings (SSSR count). The van der Waals surface area contributed by atoms with E-state index in [0.717, 1.165) is 11.6 Å². The average Bonchev–Trinajstić information content (AvgIpc) is 1.94. The van der Waals surface area contributed by atoms with Crippen LogP contribution in [0.4, 0.5) is 5.82 Å². The fraction of sp³-hybridized carbons (Fsp3) is 0.444. The molecule has 72 valence electrons. The molecule has 0 aliphatic rings. The fourth-order valence-electron chi connectivity index (χ4n) is 1.20. The number of hydrogen-bond donors (Lipinski definition) is 1. The second-order valence-electron chi connectivity index (χ2n) is 4.44. The minimum atomic E-state index is -1.13. The molecule has 0 saturated carbocycles. The maximum atomic E-state index is 5.84. The van der Waals surface area contributed by atoms with E-state index in [0.29, 0.717) is 10.8 Å². The Morgan fingerprint density at radius 3 is 2.62 bits per heavy atom. The number of anilines is 1. The molecule has 0 saturated heterocycles. The largest absolute Gasteiger partial charge is 0.383 e. The first-order chi connectivity index (χ1) is 5.88. The number of rotatable bonds is 2. The molecule has 0 aliphatic heterocycles. The van der Waals surface area contributed by atoms with Crippen molar-refractivity contribution in [2.24, 2.45) is 0 Å². The van der Waals surface area contributed by atoms with Crippen molar-refractivity contribution in [1.82, 2.24) is 4.98 Å². The number of halogens is 1. The minimum absolute atomic E-state index is 0.617. The summed E-state index contributed by atoms with van der Waals surface area (Å²) in [6.07, 6.45) is 1.59. The van der Waals surface area contributed by atoms with Crippen LogP contribution in [0.5, 0.6) is 0 Å². The first-order valence-electron chi connectivity index (χ1n) is 4.28. The quantitative estimate of drug-likeness (QED) is 0.769. The van der Waals surface area contributed by atoms with Crippen LogP contribution in [0.15, 0.2) is 12.3 Å². The van der Waals surface area contributed by atoms with Crippen LogP contribution in [0.1, 0.15) is 5.56 Å². The SMILES string of the molecule is C[Si](C)(C)Cc1cc(Cl)cnc1N. The summed E-state index contributed by atoms with van der Waals surface area (Å²) in [5, 5.41) is 0.669. The Bertz CT molecular complexity index is 307.